The molecule has 2 aliphatic carbocycles. The molecule has 0 radical (unpaired) electrons. The number of carboxylic acids is 1. The van der Waals surface area contributed by atoms with Crippen molar-refractivity contribution in [1.29, 1.82) is 0 Å². The molecule has 0 aliphatic heterocycles. The Balaban J connectivity index is 1.45. The van der Waals surface area contributed by atoms with Gasteiger partial charge >= 0.3 is 5.97 Å². The predicted molar refractivity (Wildman–Crippen MR) is 222 cm³/mol. The first-order valence-electron chi connectivity index (χ1n) is 21.5. The fourth-order valence-electron chi connectivity index (χ4n) is 8.89. The number of aliphatic hydroxyl groups is 2. The number of allylic oxidation sites excluding steroid dienone is 2. The van der Waals surface area contributed by atoms with Crippen LogP contribution in [-0.4, -0.2) is 57.7 Å². The highest BCUT2D eigenvalue weighted by Gasteiger charge is 2.43. The van der Waals surface area contributed by atoms with E-state index >= 15 is 0 Å². The number of aliphatic carboxylic acids is 1. The highest BCUT2D eigenvalue weighted by atomic mass is 35.5. The summed E-state index contributed by atoms with van der Waals surface area (Å²) in [7, 11) is 1.78. The van der Waals surface area contributed by atoms with Crippen LogP contribution in [0.5, 0.6) is 0 Å². The van der Waals surface area contributed by atoms with Gasteiger partial charge in [-0.1, -0.05) is 134 Å². The number of halogens is 1. The summed E-state index contributed by atoms with van der Waals surface area (Å²) in [5.41, 5.74) is 0.739. The maximum Gasteiger partial charge on any atom is 0.329 e. The Kier molecular flexibility index (Phi) is 20.8. The molecule has 0 spiro atoms. The lowest BCUT2D eigenvalue weighted by Gasteiger charge is -2.45. The van der Waals surface area contributed by atoms with Gasteiger partial charge in [-0.2, -0.15) is 0 Å². The standard InChI is InChI=1S/C46H74ClNO5/c1-4-6-7-8-9-10-11-12-13-14-15-16-18-23-37-27-29-38(30-28-37)48(3)46(34-35-49,44(52)53)33-20-17-19-24-39-40(42(50)36-41(39)47)25-21-26-43(51)45(5-2)31-22-32-45/h17,19,21,25,27-30,35,39-43,50-51H,4-16,18,20,22-24,26,31-34,36H2,1-3H3,(H,52,53)/t39-,40-,41-,42-,43+,46?/m1/s1. The molecule has 2 fully saturated rings. The summed E-state index contributed by atoms with van der Waals surface area (Å²) in [6, 6.07) is 8.17. The number of nitrogens with zero attached hydrogens (tertiary/aromatic N) is 1. The van der Waals surface area contributed by atoms with Gasteiger partial charge in [-0.3, -0.25) is 0 Å². The maximum absolute atomic E-state index is 12.8. The molecule has 0 amide bonds. The molecule has 1 aromatic rings. The first-order chi connectivity index (χ1) is 25.6. The third kappa shape index (κ3) is 13.8. The SMILES string of the molecule is CCCCCCCCCCCCCCCc1ccc(N(C)C(CC=O)(CCC=CC[C@@H]2[C@@H](C=CC[C@H](O)C3(CC)CCC3)[C@H](O)C[C@H]2Cl)C(=O)O)cc1. The second kappa shape index (κ2) is 24.4. The van der Waals surface area contributed by atoms with Crippen molar-refractivity contribution in [2.24, 2.45) is 17.3 Å². The lowest BCUT2D eigenvalue weighted by Crippen LogP contribution is -2.53. The molecule has 0 bridgehead atoms. The van der Waals surface area contributed by atoms with Crippen LogP contribution in [0.3, 0.4) is 0 Å². The number of hydrogen-bond donors (Lipinski definition) is 3. The topological polar surface area (TPSA) is 98.1 Å². The maximum atomic E-state index is 12.8. The van der Waals surface area contributed by atoms with Crippen LogP contribution >= 0.6 is 11.6 Å². The molecule has 1 unspecified atom stereocenters. The highest BCUT2D eigenvalue weighted by Crippen LogP contribution is 2.48. The third-order valence-corrected chi connectivity index (χ3v) is 13.5. The molecule has 300 valence electrons. The van der Waals surface area contributed by atoms with Crippen molar-refractivity contribution >= 4 is 29.5 Å². The quantitative estimate of drug-likeness (QED) is 0.0326. The lowest BCUT2D eigenvalue weighted by molar-refractivity contribution is -0.144. The van der Waals surface area contributed by atoms with Gasteiger partial charge in [0, 0.05) is 30.5 Å². The van der Waals surface area contributed by atoms with Gasteiger partial charge < -0.3 is 25.0 Å². The zero-order valence-corrected chi connectivity index (χ0v) is 34.3. The second-order valence-electron chi connectivity index (χ2n) is 16.5. The van der Waals surface area contributed by atoms with Gasteiger partial charge in [-0.25, -0.2) is 4.79 Å². The van der Waals surface area contributed by atoms with Crippen LogP contribution in [0.4, 0.5) is 5.69 Å². The predicted octanol–water partition coefficient (Wildman–Crippen LogP) is 11.4. The number of benzene rings is 1. The van der Waals surface area contributed by atoms with Crippen molar-refractivity contribution < 1.29 is 24.9 Å². The van der Waals surface area contributed by atoms with E-state index in [4.69, 9.17) is 11.6 Å². The number of anilines is 1. The normalized spacial score (nSPS) is 22.9. The monoisotopic (exact) mass is 756 g/mol. The van der Waals surface area contributed by atoms with E-state index in [1.807, 2.05) is 30.4 Å². The molecule has 7 heteroatoms. The van der Waals surface area contributed by atoms with E-state index in [9.17, 15) is 24.9 Å². The number of carbonyl (C=O) groups excluding carboxylic acids is 1. The molecular formula is C46H74ClNO5. The van der Waals surface area contributed by atoms with Crippen LogP contribution in [0.25, 0.3) is 0 Å². The molecule has 2 aliphatic rings. The van der Waals surface area contributed by atoms with E-state index in [-0.39, 0.29) is 41.6 Å². The summed E-state index contributed by atoms with van der Waals surface area (Å²) in [6.07, 6.45) is 33.2. The van der Waals surface area contributed by atoms with Gasteiger partial charge in [0.15, 0.2) is 0 Å². The van der Waals surface area contributed by atoms with Crippen LogP contribution in [0, 0.1) is 17.3 Å². The Labute approximate surface area is 327 Å². The molecule has 6 atom stereocenters. The zero-order valence-electron chi connectivity index (χ0n) is 33.5. The zero-order chi connectivity index (χ0) is 38.5. The minimum Gasteiger partial charge on any atom is -0.479 e. The number of rotatable bonds is 29. The molecule has 3 N–H and O–H groups in total. The van der Waals surface area contributed by atoms with Crippen LogP contribution in [-0.2, 0) is 16.0 Å². The average molecular weight is 757 g/mol. The Morgan fingerprint density at radius 1 is 0.943 bits per heavy atom. The van der Waals surface area contributed by atoms with Crippen molar-refractivity contribution in [2.75, 3.05) is 11.9 Å². The van der Waals surface area contributed by atoms with Crippen LogP contribution in [0.1, 0.15) is 167 Å². The summed E-state index contributed by atoms with van der Waals surface area (Å²) >= 11 is 6.71. The molecule has 1 aromatic carbocycles. The molecule has 0 saturated heterocycles. The third-order valence-electron chi connectivity index (χ3n) is 13.0. The first-order valence-corrected chi connectivity index (χ1v) is 21.9. The number of carboxylic acid groups (broad SMARTS) is 1. The van der Waals surface area contributed by atoms with E-state index in [1.165, 1.54) is 89.0 Å². The van der Waals surface area contributed by atoms with Crippen molar-refractivity contribution in [3.63, 3.8) is 0 Å². The first kappa shape index (κ1) is 45.2. The molecule has 3 rings (SSSR count). The Morgan fingerprint density at radius 2 is 1.55 bits per heavy atom. The fourth-order valence-corrected chi connectivity index (χ4v) is 9.34. The van der Waals surface area contributed by atoms with Gasteiger partial charge in [0.1, 0.15) is 11.8 Å². The van der Waals surface area contributed by atoms with Crippen molar-refractivity contribution in [2.45, 2.75) is 191 Å². The number of unbranched alkanes of at least 4 members (excludes halogenated alkanes) is 12. The largest absolute Gasteiger partial charge is 0.479 e. The molecule has 0 aromatic heterocycles. The number of likely N-dealkylation sites (N-methyl/N-ethyl adjacent to an activating group) is 1. The lowest BCUT2D eigenvalue weighted by atomic mass is 9.63. The number of hydrogen-bond acceptors (Lipinski definition) is 5. The van der Waals surface area contributed by atoms with Crippen molar-refractivity contribution in [3.8, 4) is 0 Å². The van der Waals surface area contributed by atoms with Crippen LogP contribution in [0.2, 0.25) is 0 Å². The molecular weight excluding hydrogens is 682 g/mol. The van der Waals surface area contributed by atoms with Crippen LogP contribution < -0.4 is 4.90 Å². The van der Waals surface area contributed by atoms with E-state index < -0.39 is 17.6 Å². The van der Waals surface area contributed by atoms with Crippen LogP contribution in [0.15, 0.2) is 48.6 Å². The minimum atomic E-state index is -1.36. The molecule has 53 heavy (non-hydrogen) atoms. The fraction of sp³-hybridized carbons (Fsp3) is 0.739. The summed E-state index contributed by atoms with van der Waals surface area (Å²) in [5.74, 6) is -1.03. The summed E-state index contributed by atoms with van der Waals surface area (Å²) in [5, 5.41) is 31.9. The Hall–Kier alpha value is -2.15. The molecule has 0 heterocycles. The Bertz CT molecular complexity index is 1220. The van der Waals surface area contributed by atoms with Gasteiger partial charge in [-0.15, -0.1) is 11.6 Å². The molecule has 6 nitrogen and oxygen atoms in total. The van der Waals surface area contributed by atoms with Gasteiger partial charge in [0.05, 0.1) is 12.2 Å². The van der Waals surface area contributed by atoms with E-state index in [2.05, 4.69) is 32.1 Å². The second-order valence-corrected chi connectivity index (χ2v) is 17.0. The summed E-state index contributed by atoms with van der Waals surface area (Å²) in [4.78, 5) is 26.4. The number of aryl methyl sites for hydroxylation is 1. The van der Waals surface area contributed by atoms with E-state index in [1.54, 1.807) is 11.9 Å². The van der Waals surface area contributed by atoms with Gasteiger partial charge in [-0.05, 0) is 93.2 Å². The van der Waals surface area contributed by atoms with Gasteiger partial charge in [0.25, 0.3) is 0 Å². The smallest absolute Gasteiger partial charge is 0.329 e. The highest BCUT2D eigenvalue weighted by molar-refractivity contribution is 6.21. The summed E-state index contributed by atoms with van der Waals surface area (Å²) in [6.45, 7) is 4.43. The van der Waals surface area contributed by atoms with E-state index in [0.717, 1.165) is 44.1 Å². The average Bonchev–Trinajstić information content (AvgIpc) is 3.39. The van der Waals surface area contributed by atoms with Crippen molar-refractivity contribution in [3.05, 3.63) is 54.1 Å². The molecule has 2 saturated carbocycles. The van der Waals surface area contributed by atoms with Crippen molar-refractivity contribution in [1.82, 2.24) is 0 Å². The minimum absolute atomic E-state index is 0.0495. The number of carbonyl (C=O) groups is 2. The number of aldehydes is 1. The number of alkyl halides is 1. The van der Waals surface area contributed by atoms with Gasteiger partial charge in [0.2, 0.25) is 0 Å². The Morgan fingerprint density at radius 3 is 2.08 bits per heavy atom. The van der Waals surface area contributed by atoms with E-state index in [0.29, 0.717) is 25.7 Å². The number of aliphatic hydroxyl groups excluding tert-OH is 2. The summed E-state index contributed by atoms with van der Waals surface area (Å²) < 4.78 is 0.